The second-order valence-corrected chi connectivity index (χ2v) is 5.84. The van der Waals surface area contributed by atoms with Crippen LogP contribution in [0, 0.1) is 3.57 Å². The number of hydrogen-bond acceptors (Lipinski definition) is 3. The molecule has 0 radical (unpaired) electrons. The third-order valence-corrected chi connectivity index (χ3v) is 3.85. The maximum Gasteiger partial charge on any atom is 0.256 e. The first-order chi connectivity index (χ1) is 10.1. The third-order valence-electron chi connectivity index (χ3n) is 2.67. The van der Waals surface area contributed by atoms with Gasteiger partial charge in [0.1, 0.15) is 12.4 Å². The molecule has 2 rings (SSSR count). The SMILES string of the molecule is NCCOc1ccc(NC(=O)c2cc(Cl)ccc2I)cc1. The minimum Gasteiger partial charge on any atom is -0.492 e. The molecule has 3 N–H and O–H groups in total. The first kappa shape index (κ1) is 16.1. The molecule has 0 aliphatic rings. The highest BCUT2D eigenvalue weighted by Gasteiger charge is 2.11. The number of carbonyl (C=O) groups is 1. The van der Waals surface area contributed by atoms with Gasteiger partial charge in [-0.05, 0) is 65.1 Å². The Labute approximate surface area is 141 Å². The Bertz CT molecular complexity index is 632. The molecule has 1 amide bonds. The molecule has 0 atom stereocenters. The van der Waals surface area contributed by atoms with Crippen LogP contribution >= 0.6 is 34.2 Å². The van der Waals surface area contributed by atoms with Gasteiger partial charge in [-0.15, -0.1) is 0 Å². The Morgan fingerprint density at radius 2 is 1.95 bits per heavy atom. The van der Waals surface area contributed by atoms with Crippen LogP contribution in [0.3, 0.4) is 0 Å². The minimum absolute atomic E-state index is 0.197. The monoisotopic (exact) mass is 416 g/mol. The molecule has 0 aromatic heterocycles. The lowest BCUT2D eigenvalue weighted by Gasteiger charge is -2.09. The number of amides is 1. The van der Waals surface area contributed by atoms with Crippen molar-refractivity contribution >= 4 is 45.8 Å². The number of benzene rings is 2. The molecule has 0 aliphatic carbocycles. The van der Waals surface area contributed by atoms with E-state index in [-0.39, 0.29) is 5.91 Å². The average Bonchev–Trinajstić information content (AvgIpc) is 2.49. The van der Waals surface area contributed by atoms with Crippen LogP contribution in [-0.4, -0.2) is 19.1 Å². The maximum atomic E-state index is 12.2. The highest BCUT2D eigenvalue weighted by Crippen LogP contribution is 2.20. The molecule has 21 heavy (non-hydrogen) atoms. The van der Waals surface area contributed by atoms with Crippen LogP contribution in [0.25, 0.3) is 0 Å². The first-order valence-corrected chi connectivity index (χ1v) is 7.75. The van der Waals surface area contributed by atoms with Gasteiger partial charge < -0.3 is 15.8 Å². The van der Waals surface area contributed by atoms with E-state index in [1.807, 2.05) is 6.07 Å². The number of nitrogens with two attached hydrogens (primary N) is 1. The van der Waals surface area contributed by atoms with Crippen molar-refractivity contribution < 1.29 is 9.53 Å². The molecule has 0 saturated carbocycles. The predicted octanol–water partition coefficient (Wildman–Crippen LogP) is 3.53. The van der Waals surface area contributed by atoms with E-state index in [4.69, 9.17) is 22.1 Å². The number of rotatable bonds is 5. The van der Waals surface area contributed by atoms with Gasteiger partial charge in [0.05, 0.1) is 5.56 Å². The van der Waals surface area contributed by atoms with Crippen LogP contribution in [0.1, 0.15) is 10.4 Å². The number of carbonyl (C=O) groups excluding carboxylic acids is 1. The van der Waals surface area contributed by atoms with E-state index in [0.29, 0.717) is 29.4 Å². The summed E-state index contributed by atoms with van der Waals surface area (Å²) >= 11 is 8.03. The highest BCUT2D eigenvalue weighted by atomic mass is 127. The van der Waals surface area contributed by atoms with E-state index in [0.717, 1.165) is 9.32 Å². The number of anilines is 1. The van der Waals surface area contributed by atoms with E-state index >= 15 is 0 Å². The normalized spacial score (nSPS) is 10.2. The molecule has 2 aromatic carbocycles. The quantitative estimate of drug-likeness (QED) is 0.733. The van der Waals surface area contributed by atoms with E-state index in [2.05, 4.69) is 27.9 Å². The molecule has 0 heterocycles. The molecule has 0 spiro atoms. The molecule has 0 fully saturated rings. The zero-order valence-electron chi connectivity index (χ0n) is 11.1. The van der Waals surface area contributed by atoms with Crippen molar-refractivity contribution in [2.24, 2.45) is 5.73 Å². The summed E-state index contributed by atoms with van der Waals surface area (Å²) in [5.41, 5.74) is 6.61. The van der Waals surface area contributed by atoms with Crippen molar-refractivity contribution in [2.45, 2.75) is 0 Å². The van der Waals surface area contributed by atoms with Crippen LogP contribution in [0.5, 0.6) is 5.75 Å². The fourth-order valence-electron chi connectivity index (χ4n) is 1.68. The molecule has 6 heteroatoms. The zero-order chi connectivity index (χ0) is 15.2. The van der Waals surface area contributed by atoms with Crippen molar-refractivity contribution in [2.75, 3.05) is 18.5 Å². The molecule has 0 saturated heterocycles. The van der Waals surface area contributed by atoms with Crippen molar-refractivity contribution in [3.05, 3.63) is 56.6 Å². The second kappa shape index (κ2) is 7.63. The van der Waals surface area contributed by atoms with Crippen LogP contribution in [-0.2, 0) is 0 Å². The fraction of sp³-hybridized carbons (Fsp3) is 0.133. The highest BCUT2D eigenvalue weighted by molar-refractivity contribution is 14.1. The molecule has 4 nitrogen and oxygen atoms in total. The molecule has 0 bridgehead atoms. The van der Waals surface area contributed by atoms with Crippen molar-refractivity contribution in [1.82, 2.24) is 0 Å². The van der Waals surface area contributed by atoms with Crippen molar-refractivity contribution in [3.63, 3.8) is 0 Å². The molecule has 0 unspecified atom stereocenters. The van der Waals surface area contributed by atoms with Crippen LogP contribution < -0.4 is 15.8 Å². The Kier molecular flexibility index (Phi) is 5.84. The molecule has 2 aromatic rings. The van der Waals surface area contributed by atoms with Gasteiger partial charge in [-0.2, -0.15) is 0 Å². The summed E-state index contributed by atoms with van der Waals surface area (Å²) in [4.78, 5) is 12.2. The zero-order valence-corrected chi connectivity index (χ0v) is 14.0. The second-order valence-electron chi connectivity index (χ2n) is 4.24. The summed E-state index contributed by atoms with van der Waals surface area (Å²) in [5, 5.41) is 3.36. The molecular weight excluding hydrogens is 403 g/mol. The Hall–Kier alpha value is -1.31. The van der Waals surface area contributed by atoms with Gasteiger partial charge >= 0.3 is 0 Å². The Balaban J connectivity index is 2.07. The van der Waals surface area contributed by atoms with Gasteiger partial charge in [0.2, 0.25) is 0 Å². The fourth-order valence-corrected chi connectivity index (χ4v) is 2.43. The lowest BCUT2D eigenvalue weighted by atomic mass is 10.2. The first-order valence-electron chi connectivity index (χ1n) is 6.29. The summed E-state index contributed by atoms with van der Waals surface area (Å²) < 4.78 is 6.22. The van der Waals surface area contributed by atoms with E-state index in [1.54, 1.807) is 36.4 Å². The van der Waals surface area contributed by atoms with Crippen molar-refractivity contribution in [3.8, 4) is 5.75 Å². The molecule has 110 valence electrons. The number of hydrogen-bond donors (Lipinski definition) is 2. The van der Waals surface area contributed by atoms with Crippen LogP contribution in [0.15, 0.2) is 42.5 Å². The Morgan fingerprint density at radius 3 is 2.62 bits per heavy atom. The van der Waals surface area contributed by atoms with Gasteiger partial charge in [0, 0.05) is 20.8 Å². The largest absolute Gasteiger partial charge is 0.492 e. The third kappa shape index (κ3) is 4.59. The Morgan fingerprint density at radius 1 is 1.24 bits per heavy atom. The van der Waals surface area contributed by atoms with Crippen molar-refractivity contribution in [1.29, 1.82) is 0 Å². The van der Waals surface area contributed by atoms with Gasteiger partial charge in [-0.3, -0.25) is 4.79 Å². The number of ether oxygens (including phenoxy) is 1. The molecular formula is C15H14ClIN2O2. The lowest BCUT2D eigenvalue weighted by Crippen LogP contribution is -2.13. The van der Waals surface area contributed by atoms with E-state index in [9.17, 15) is 4.79 Å². The van der Waals surface area contributed by atoms with Gasteiger partial charge in [0.25, 0.3) is 5.91 Å². The van der Waals surface area contributed by atoms with Crippen LogP contribution in [0.2, 0.25) is 5.02 Å². The number of halogens is 2. The smallest absolute Gasteiger partial charge is 0.256 e. The molecule has 0 aliphatic heterocycles. The predicted molar refractivity (Wildman–Crippen MR) is 93.1 cm³/mol. The van der Waals surface area contributed by atoms with Gasteiger partial charge in [-0.25, -0.2) is 0 Å². The topological polar surface area (TPSA) is 64.3 Å². The van der Waals surface area contributed by atoms with Gasteiger partial charge in [-0.1, -0.05) is 11.6 Å². The lowest BCUT2D eigenvalue weighted by molar-refractivity contribution is 0.102. The summed E-state index contributed by atoms with van der Waals surface area (Å²) in [5.74, 6) is 0.522. The van der Waals surface area contributed by atoms with Crippen LogP contribution in [0.4, 0.5) is 5.69 Å². The average molecular weight is 417 g/mol. The standard InChI is InChI=1S/C15H14ClIN2O2/c16-10-1-6-14(17)13(9-10)15(20)19-11-2-4-12(5-3-11)21-8-7-18/h1-6,9H,7-8,18H2,(H,19,20). The van der Waals surface area contributed by atoms with Gasteiger partial charge in [0.15, 0.2) is 0 Å². The van der Waals surface area contributed by atoms with E-state index < -0.39 is 0 Å². The summed E-state index contributed by atoms with van der Waals surface area (Å²) in [6.07, 6.45) is 0. The van der Waals surface area contributed by atoms with E-state index in [1.165, 1.54) is 0 Å². The maximum absolute atomic E-state index is 12.2. The summed E-state index contributed by atoms with van der Waals surface area (Å²) in [6, 6.07) is 12.3. The summed E-state index contributed by atoms with van der Waals surface area (Å²) in [7, 11) is 0. The minimum atomic E-state index is -0.197. The summed E-state index contributed by atoms with van der Waals surface area (Å²) in [6.45, 7) is 0.929. The number of nitrogens with one attached hydrogen (secondary N) is 1.